The van der Waals surface area contributed by atoms with Gasteiger partial charge in [0.1, 0.15) is 5.82 Å². The molecule has 4 nitrogen and oxygen atoms in total. The third kappa shape index (κ3) is 3.26. The standard InChI is InChI=1S/C17H24N4/c1-12(2)17-15(11-19-21-17)13-8-9-18-16(10-13)20-14-6-4-3-5-7-14/h8-12,14H,3-7H2,1-2H3,(H,18,20)(H,19,21). The van der Waals surface area contributed by atoms with Crippen LogP contribution in [0.25, 0.3) is 11.1 Å². The lowest BCUT2D eigenvalue weighted by Gasteiger charge is -2.23. The Morgan fingerprint density at radius 2 is 2.05 bits per heavy atom. The van der Waals surface area contributed by atoms with Crippen LogP contribution >= 0.6 is 0 Å². The maximum Gasteiger partial charge on any atom is 0.126 e. The zero-order valence-corrected chi connectivity index (χ0v) is 12.9. The fourth-order valence-electron chi connectivity index (χ4n) is 3.10. The summed E-state index contributed by atoms with van der Waals surface area (Å²) in [6.45, 7) is 4.36. The Balaban J connectivity index is 1.80. The van der Waals surface area contributed by atoms with E-state index in [2.05, 4.69) is 46.5 Å². The molecular weight excluding hydrogens is 260 g/mol. The van der Waals surface area contributed by atoms with Gasteiger partial charge in [-0.2, -0.15) is 5.10 Å². The fraction of sp³-hybridized carbons (Fsp3) is 0.529. The molecule has 1 aliphatic carbocycles. The molecule has 2 aromatic heterocycles. The molecule has 0 atom stereocenters. The number of nitrogens with zero attached hydrogens (tertiary/aromatic N) is 2. The third-order valence-corrected chi connectivity index (χ3v) is 4.27. The van der Waals surface area contributed by atoms with Gasteiger partial charge >= 0.3 is 0 Å². The van der Waals surface area contributed by atoms with Crippen LogP contribution in [0.2, 0.25) is 0 Å². The average Bonchev–Trinajstić information content (AvgIpc) is 2.98. The van der Waals surface area contributed by atoms with Crippen LogP contribution in [0.4, 0.5) is 5.82 Å². The van der Waals surface area contributed by atoms with Crippen LogP contribution < -0.4 is 5.32 Å². The summed E-state index contributed by atoms with van der Waals surface area (Å²) in [4.78, 5) is 4.48. The first-order chi connectivity index (χ1) is 10.2. The number of hydrogen-bond donors (Lipinski definition) is 2. The van der Waals surface area contributed by atoms with E-state index < -0.39 is 0 Å². The van der Waals surface area contributed by atoms with E-state index in [-0.39, 0.29) is 0 Å². The summed E-state index contributed by atoms with van der Waals surface area (Å²) in [5.41, 5.74) is 3.55. The molecule has 0 bridgehead atoms. The van der Waals surface area contributed by atoms with Gasteiger partial charge in [0.2, 0.25) is 0 Å². The Kier molecular flexibility index (Phi) is 4.23. The van der Waals surface area contributed by atoms with Gasteiger partial charge in [-0.05, 0) is 36.5 Å². The number of aromatic amines is 1. The number of H-pyrrole nitrogens is 1. The third-order valence-electron chi connectivity index (χ3n) is 4.27. The van der Waals surface area contributed by atoms with Crippen molar-refractivity contribution in [1.82, 2.24) is 15.2 Å². The van der Waals surface area contributed by atoms with E-state index in [0.29, 0.717) is 12.0 Å². The van der Waals surface area contributed by atoms with E-state index in [1.165, 1.54) is 48.9 Å². The molecule has 0 aliphatic heterocycles. The lowest BCUT2D eigenvalue weighted by molar-refractivity contribution is 0.462. The van der Waals surface area contributed by atoms with Crippen molar-refractivity contribution < 1.29 is 0 Å². The molecule has 0 aromatic carbocycles. The summed E-state index contributed by atoms with van der Waals surface area (Å²) in [6, 6.07) is 4.78. The van der Waals surface area contributed by atoms with Gasteiger partial charge in [0.15, 0.2) is 0 Å². The van der Waals surface area contributed by atoms with Crippen molar-refractivity contribution in [3.05, 3.63) is 30.2 Å². The Labute approximate surface area is 126 Å². The van der Waals surface area contributed by atoms with E-state index in [1.807, 2.05) is 12.4 Å². The maximum absolute atomic E-state index is 4.48. The molecule has 0 radical (unpaired) electrons. The lowest BCUT2D eigenvalue weighted by atomic mass is 9.95. The van der Waals surface area contributed by atoms with Crippen molar-refractivity contribution >= 4 is 5.82 Å². The first-order valence-electron chi connectivity index (χ1n) is 8.00. The molecule has 0 spiro atoms. The van der Waals surface area contributed by atoms with Crippen LogP contribution in [0.1, 0.15) is 57.6 Å². The van der Waals surface area contributed by atoms with Crippen LogP contribution in [0.5, 0.6) is 0 Å². The van der Waals surface area contributed by atoms with E-state index in [4.69, 9.17) is 0 Å². The number of aromatic nitrogens is 3. The predicted octanol–water partition coefficient (Wildman–Crippen LogP) is 4.34. The molecule has 21 heavy (non-hydrogen) atoms. The van der Waals surface area contributed by atoms with Crippen molar-refractivity contribution in [2.45, 2.75) is 57.9 Å². The zero-order valence-electron chi connectivity index (χ0n) is 12.9. The highest BCUT2D eigenvalue weighted by Gasteiger charge is 2.15. The second-order valence-electron chi connectivity index (χ2n) is 6.26. The van der Waals surface area contributed by atoms with E-state index in [1.54, 1.807) is 0 Å². The van der Waals surface area contributed by atoms with E-state index in [9.17, 15) is 0 Å². The van der Waals surface area contributed by atoms with Gasteiger partial charge in [-0.25, -0.2) is 4.98 Å². The van der Waals surface area contributed by atoms with Crippen LogP contribution in [0.3, 0.4) is 0 Å². The molecule has 0 saturated heterocycles. The molecule has 1 fully saturated rings. The molecule has 4 heteroatoms. The molecule has 2 heterocycles. The van der Waals surface area contributed by atoms with Crippen molar-refractivity contribution in [3.63, 3.8) is 0 Å². The highest BCUT2D eigenvalue weighted by Crippen LogP contribution is 2.29. The summed E-state index contributed by atoms with van der Waals surface area (Å²) >= 11 is 0. The smallest absolute Gasteiger partial charge is 0.126 e. The number of anilines is 1. The minimum atomic E-state index is 0.436. The second-order valence-corrected chi connectivity index (χ2v) is 6.26. The highest BCUT2D eigenvalue weighted by atomic mass is 15.1. The summed E-state index contributed by atoms with van der Waals surface area (Å²) in [5, 5.41) is 10.9. The lowest BCUT2D eigenvalue weighted by Crippen LogP contribution is -2.22. The van der Waals surface area contributed by atoms with Crippen LogP contribution in [0, 0.1) is 0 Å². The predicted molar refractivity (Wildman–Crippen MR) is 86.4 cm³/mol. The Morgan fingerprint density at radius 1 is 1.24 bits per heavy atom. The first kappa shape index (κ1) is 14.1. The fourth-order valence-corrected chi connectivity index (χ4v) is 3.10. The molecule has 2 aromatic rings. The van der Waals surface area contributed by atoms with Crippen molar-refractivity contribution in [2.75, 3.05) is 5.32 Å². The largest absolute Gasteiger partial charge is 0.367 e. The Morgan fingerprint density at radius 3 is 2.81 bits per heavy atom. The Hall–Kier alpha value is -1.84. The van der Waals surface area contributed by atoms with Crippen molar-refractivity contribution in [1.29, 1.82) is 0 Å². The minimum Gasteiger partial charge on any atom is -0.367 e. The van der Waals surface area contributed by atoms with Gasteiger partial charge in [0.05, 0.1) is 6.20 Å². The molecule has 3 rings (SSSR count). The average molecular weight is 284 g/mol. The van der Waals surface area contributed by atoms with E-state index >= 15 is 0 Å². The topological polar surface area (TPSA) is 53.6 Å². The summed E-state index contributed by atoms with van der Waals surface area (Å²) < 4.78 is 0. The molecular formula is C17H24N4. The van der Waals surface area contributed by atoms with Gasteiger partial charge < -0.3 is 5.32 Å². The number of hydrogen-bond acceptors (Lipinski definition) is 3. The van der Waals surface area contributed by atoms with Gasteiger partial charge in [-0.3, -0.25) is 5.10 Å². The Bertz CT molecular complexity index is 582. The second kappa shape index (κ2) is 6.29. The number of rotatable bonds is 4. The van der Waals surface area contributed by atoms with E-state index in [0.717, 1.165) is 5.82 Å². The molecule has 2 N–H and O–H groups in total. The minimum absolute atomic E-state index is 0.436. The van der Waals surface area contributed by atoms with Gasteiger partial charge in [-0.1, -0.05) is 33.1 Å². The van der Waals surface area contributed by atoms with Crippen molar-refractivity contribution in [2.24, 2.45) is 0 Å². The number of pyridine rings is 1. The van der Waals surface area contributed by atoms with Crippen LogP contribution in [-0.2, 0) is 0 Å². The SMILES string of the molecule is CC(C)c1[nH]ncc1-c1ccnc(NC2CCCCC2)c1. The highest BCUT2D eigenvalue weighted by molar-refractivity contribution is 5.68. The molecule has 0 unspecified atom stereocenters. The van der Waals surface area contributed by atoms with Crippen LogP contribution in [-0.4, -0.2) is 21.2 Å². The van der Waals surface area contributed by atoms with Crippen molar-refractivity contribution in [3.8, 4) is 11.1 Å². The van der Waals surface area contributed by atoms with Gasteiger partial charge in [-0.15, -0.1) is 0 Å². The van der Waals surface area contributed by atoms with Gasteiger partial charge in [0.25, 0.3) is 0 Å². The number of nitrogens with one attached hydrogen (secondary N) is 2. The molecule has 112 valence electrons. The quantitative estimate of drug-likeness (QED) is 0.878. The van der Waals surface area contributed by atoms with Gasteiger partial charge in [0, 0.05) is 23.5 Å². The molecule has 1 saturated carbocycles. The summed E-state index contributed by atoms with van der Waals surface area (Å²) in [5.74, 6) is 1.42. The summed E-state index contributed by atoms with van der Waals surface area (Å²) in [6.07, 6.45) is 10.3. The first-order valence-corrected chi connectivity index (χ1v) is 8.00. The monoisotopic (exact) mass is 284 g/mol. The van der Waals surface area contributed by atoms with Crippen LogP contribution in [0.15, 0.2) is 24.5 Å². The molecule has 1 aliphatic rings. The normalized spacial score (nSPS) is 16.3. The summed E-state index contributed by atoms with van der Waals surface area (Å²) in [7, 11) is 0. The zero-order chi connectivity index (χ0) is 14.7. The maximum atomic E-state index is 4.48. The molecule has 0 amide bonds.